The molecule has 1 spiro atoms. The molecular formula is C61H38N2OS. The Labute approximate surface area is 380 Å². The summed E-state index contributed by atoms with van der Waals surface area (Å²) in [5, 5.41) is 4.79. The first kappa shape index (κ1) is 36.3. The fraction of sp³-hybridized carbons (Fsp3) is 0.0164. The van der Waals surface area contributed by atoms with Crippen LogP contribution in [0.25, 0.3) is 64.4 Å². The summed E-state index contributed by atoms with van der Waals surface area (Å²) < 4.78 is 9.36. The minimum atomic E-state index is -0.594. The SMILES string of the molecule is c1ccc(N(c2cccc3c2-c2ccccc2C32c3ccccc3-c3ccc(N(c4ccccc4)c4cccc5c4sc4ccccc45)cc32)c2cccc3c2oc2ccccc23)cc1. The molecule has 14 rings (SSSR count). The summed E-state index contributed by atoms with van der Waals surface area (Å²) >= 11 is 1.87. The van der Waals surface area contributed by atoms with Crippen molar-refractivity contribution < 1.29 is 4.42 Å². The number of benzene rings is 10. The lowest BCUT2D eigenvalue weighted by Gasteiger charge is -2.33. The van der Waals surface area contributed by atoms with Gasteiger partial charge in [0.1, 0.15) is 5.58 Å². The molecule has 2 aromatic heterocycles. The zero-order valence-electron chi connectivity index (χ0n) is 35.2. The number of hydrogen-bond donors (Lipinski definition) is 0. The second-order valence-electron chi connectivity index (χ2n) is 17.1. The van der Waals surface area contributed by atoms with Gasteiger partial charge in [-0.2, -0.15) is 0 Å². The maximum absolute atomic E-state index is 6.79. The molecule has 1 atom stereocenters. The molecule has 0 bridgehead atoms. The van der Waals surface area contributed by atoms with Gasteiger partial charge in [0.2, 0.25) is 0 Å². The maximum Gasteiger partial charge on any atom is 0.159 e. The molecular weight excluding hydrogens is 809 g/mol. The van der Waals surface area contributed by atoms with Crippen LogP contribution in [0.5, 0.6) is 0 Å². The fourth-order valence-electron chi connectivity index (χ4n) is 11.3. The lowest BCUT2D eigenvalue weighted by atomic mass is 9.70. The van der Waals surface area contributed by atoms with Gasteiger partial charge in [0, 0.05) is 48.9 Å². The molecule has 3 nitrogen and oxygen atoms in total. The molecule has 0 amide bonds. The zero-order chi connectivity index (χ0) is 42.6. The Morgan fingerprint density at radius 3 is 1.74 bits per heavy atom. The van der Waals surface area contributed by atoms with Crippen molar-refractivity contribution in [2.24, 2.45) is 0 Å². The van der Waals surface area contributed by atoms with Gasteiger partial charge >= 0.3 is 0 Å². The van der Waals surface area contributed by atoms with E-state index in [1.165, 1.54) is 70.4 Å². The number of furan rings is 1. The number of para-hydroxylation sites is 4. The van der Waals surface area contributed by atoms with Crippen LogP contribution in [0.4, 0.5) is 34.1 Å². The molecule has 304 valence electrons. The first-order chi connectivity index (χ1) is 32.3. The van der Waals surface area contributed by atoms with E-state index >= 15 is 0 Å². The van der Waals surface area contributed by atoms with Crippen molar-refractivity contribution in [2.45, 2.75) is 5.41 Å². The molecule has 10 aromatic carbocycles. The highest BCUT2D eigenvalue weighted by atomic mass is 32.1. The molecule has 0 radical (unpaired) electrons. The fourth-order valence-corrected chi connectivity index (χ4v) is 12.5. The summed E-state index contributed by atoms with van der Waals surface area (Å²) in [5.41, 5.74) is 17.9. The van der Waals surface area contributed by atoms with E-state index in [1.807, 2.05) is 17.4 Å². The van der Waals surface area contributed by atoms with Crippen molar-refractivity contribution >= 4 is 87.6 Å². The number of hydrogen-bond acceptors (Lipinski definition) is 4. The summed E-state index contributed by atoms with van der Waals surface area (Å²) in [7, 11) is 0. The first-order valence-electron chi connectivity index (χ1n) is 22.3. The minimum absolute atomic E-state index is 0.594. The topological polar surface area (TPSA) is 19.6 Å². The molecule has 12 aromatic rings. The predicted octanol–water partition coefficient (Wildman–Crippen LogP) is 17.2. The van der Waals surface area contributed by atoms with Crippen LogP contribution in [0, 0.1) is 0 Å². The highest BCUT2D eigenvalue weighted by molar-refractivity contribution is 7.26. The number of fused-ring (bicyclic) bond motifs is 16. The van der Waals surface area contributed by atoms with Crippen molar-refractivity contribution in [1.82, 2.24) is 0 Å². The molecule has 2 aliphatic rings. The standard InChI is InChI=1S/C61H38N2OS/c1-3-18-39(19-4-1)62(55-33-16-27-47-45-24-10-14-35-57(45)65-60(47)55)41-36-37-43-42-22-7-11-28-49(42)61(52(43)38-41)50-29-12-8-25-48(50)58-51(61)30-17-31-53(58)63(40-20-5-2-6-21-40)54-32-15-26-46-44-23-9-13-34-56(44)64-59(46)54/h1-38H. The first-order valence-corrected chi connectivity index (χ1v) is 23.1. The average Bonchev–Trinajstić information content (AvgIpc) is 4.11. The Kier molecular flexibility index (Phi) is 7.77. The summed E-state index contributed by atoms with van der Waals surface area (Å²) in [5.74, 6) is 0. The van der Waals surface area contributed by atoms with Crippen LogP contribution in [0.2, 0.25) is 0 Å². The van der Waals surface area contributed by atoms with Gasteiger partial charge in [0.05, 0.1) is 27.2 Å². The summed E-state index contributed by atoms with van der Waals surface area (Å²) in [6, 6.07) is 84.5. The van der Waals surface area contributed by atoms with E-state index < -0.39 is 5.41 Å². The lowest BCUT2D eigenvalue weighted by Crippen LogP contribution is -2.26. The second-order valence-corrected chi connectivity index (χ2v) is 18.2. The lowest BCUT2D eigenvalue weighted by molar-refractivity contribution is 0.669. The Morgan fingerprint density at radius 2 is 0.923 bits per heavy atom. The third-order valence-electron chi connectivity index (χ3n) is 13.9. The molecule has 0 aliphatic heterocycles. The van der Waals surface area contributed by atoms with Crippen molar-refractivity contribution in [3.05, 3.63) is 253 Å². The number of rotatable bonds is 6. The smallest absolute Gasteiger partial charge is 0.159 e. The summed E-state index contributed by atoms with van der Waals surface area (Å²) in [6.07, 6.45) is 0. The normalized spacial score (nSPS) is 14.5. The van der Waals surface area contributed by atoms with Gasteiger partial charge < -0.3 is 14.2 Å². The van der Waals surface area contributed by atoms with Crippen molar-refractivity contribution in [2.75, 3.05) is 9.80 Å². The summed E-state index contributed by atoms with van der Waals surface area (Å²) in [4.78, 5) is 4.89. The van der Waals surface area contributed by atoms with Crippen LogP contribution in [-0.4, -0.2) is 0 Å². The molecule has 2 heterocycles. The van der Waals surface area contributed by atoms with Crippen LogP contribution in [-0.2, 0) is 5.41 Å². The molecule has 4 heteroatoms. The van der Waals surface area contributed by atoms with Crippen LogP contribution in [0.1, 0.15) is 22.3 Å². The van der Waals surface area contributed by atoms with Crippen LogP contribution in [0.3, 0.4) is 0 Å². The highest BCUT2D eigenvalue weighted by Crippen LogP contribution is 2.65. The largest absolute Gasteiger partial charge is 0.454 e. The summed E-state index contributed by atoms with van der Waals surface area (Å²) in [6.45, 7) is 0. The average molecular weight is 847 g/mol. The van der Waals surface area contributed by atoms with E-state index in [0.717, 1.165) is 50.4 Å². The van der Waals surface area contributed by atoms with Gasteiger partial charge in [-0.05, 0) is 106 Å². The number of thiophene rings is 1. The van der Waals surface area contributed by atoms with Crippen LogP contribution in [0.15, 0.2) is 235 Å². The van der Waals surface area contributed by atoms with E-state index in [1.54, 1.807) is 0 Å². The Hall–Kier alpha value is -8.18. The van der Waals surface area contributed by atoms with E-state index in [4.69, 9.17) is 4.42 Å². The van der Waals surface area contributed by atoms with Gasteiger partial charge in [-0.15, -0.1) is 11.3 Å². The van der Waals surface area contributed by atoms with E-state index in [2.05, 4.69) is 234 Å². The molecule has 0 saturated heterocycles. The monoisotopic (exact) mass is 846 g/mol. The van der Waals surface area contributed by atoms with Crippen LogP contribution >= 0.6 is 11.3 Å². The van der Waals surface area contributed by atoms with E-state index in [-0.39, 0.29) is 0 Å². The van der Waals surface area contributed by atoms with Crippen molar-refractivity contribution in [3.63, 3.8) is 0 Å². The Bertz CT molecular complexity index is 3860. The molecule has 2 aliphatic carbocycles. The van der Waals surface area contributed by atoms with Gasteiger partial charge in [-0.3, -0.25) is 0 Å². The Balaban J connectivity index is 1.05. The Morgan fingerprint density at radius 1 is 0.354 bits per heavy atom. The van der Waals surface area contributed by atoms with Crippen molar-refractivity contribution in [1.29, 1.82) is 0 Å². The van der Waals surface area contributed by atoms with Gasteiger partial charge in [-0.1, -0.05) is 164 Å². The number of anilines is 6. The molecule has 0 fully saturated rings. The molecule has 1 unspecified atom stereocenters. The zero-order valence-corrected chi connectivity index (χ0v) is 36.0. The molecule has 0 saturated carbocycles. The van der Waals surface area contributed by atoms with Crippen molar-refractivity contribution in [3.8, 4) is 22.3 Å². The van der Waals surface area contributed by atoms with Gasteiger partial charge in [0.25, 0.3) is 0 Å². The van der Waals surface area contributed by atoms with Crippen LogP contribution < -0.4 is 9.80 Å². The predicted molar refractivity (Wildman–Crippen MR) is 272 cm³/mol. The minimum Gasteiger partial charge on any atom is -0.454 e. The number of nitrogens with zero attached hydrogens (tertiary/aromatic N) is 2. The third kappa shape index (κ3) is 5.06. The van der Waals surface area contributed by atoms with Gasteiger partial charge in [-0.25, -0.2) is 0 Å². The second kappa shape index (κ2) is 13.9. The van der Waals surface area contributed by atoms with E-state index in [9.17, 15) is 0 Å². The van der Waals surface area contributed by atoms with Gasteiger partial charge in [0.15, 0.2) is 5.58 Å². The van der Waals surface area contributed by atoms with E-state index in [0.29, 0.717) is 0 Å². The molecule has 0 N–H and O–H groups in total. The molecule has 65 heavy (non-hydrogen) atoms. The highest BCUT2D eigenvalue weighted by Gasteiger charge is 2.52. The third-order valence-corrected chi connectivity index (χ3v) is 15.1. The quantitative estimate of drug-likeness (QED) is 0.166. The maximum atomic E-state index is 6.79.